The molecule has 0 radical (unpaired) electrons. The fourth-order valence-corrected chi connectivity index (χ4v) is 2.18. The van der Waals surface area contributed by atoms with E-state index in [4.69, 9.17) is 4.74 Å². The van der Waals surface area contributed by atoms with Gasteiger partial charge in [-0.2, -0.15) is 0 Å². The third-order valence-corrected chi connectivity index (χ3v) is 3.80. The Hall–Kier alpha value is -1.84. The topological polar surface area (TPSA) is 76.4 Å². The second-order valence-electron chi connectivity index (χ2n) is 5.72. The van der Waals surface area contributed by atoms with Crippen molar-refractivity contribution in [3.8, 4) is 5.75 Å². The van der Waals surface area contributed by atoms with E-state index in [2.05, 4.69) is 25.8 Å². The Kier molecular flexibility index (Phi) is 8.67. The van der Waals surface area contributed by atoms with Gasteiger partial charge in [0.15, 0.2) is 11.8 Å². The van der Waals surface area contributed by atoms with E-state index in [0.29, 0.717) is 19.0 Å². The maximum absolute atomic E-state index is 5.95. The number of nitrogens with zero attached hydrogens (tertiary/aromatic N) is 4. The number of halogens is 1. The van der Waals surface area contributed by atoms with Crippen LogP contribution in [0.1, 0.15) is 24.1 Å². The first kappa shape index (κ1) is 21.2. The maximum Gasteiger partial charge on any atom is 0.191 e. The number of ether oxygens (including phenoxy) is 1. The molecular weight excluding hydrogens is 431 g/mol. The van der Waals surface area contributed by atoms with Crippen LogP contribution < -0.4 is 15.4 Å². The van der Waals surface area contributed by atoms with Gasteiger partial charge in [-0.3, -0.25) is 4.99 Å². The molecule has 2 rings (SSSR count). The van der Waals surface area contributed by atoms with Crippen LogP contribution in [-0.2, 0) is 13.6 Å². The van der Waals surface area contributed by atoms with Crippen molar-refractivity contribution < 1.29 is 4.74 Å². The summed E-state index contributed by atoms with van der Waals surface area (Å²) in [5.74, 6) is 3.36. The normalized spacial score (nSPS) is 12.3. The molecule has 1 unspecified atom stereocenters. The lowest BCUT2D eigenvalue weighted by molar-refractivity contribution is 0.222. The SMILES string of the molecule is CN=C(NCc1nnc(C)n1C)NCC(C)Oc1ccccc1C.I. The monoisotopic (exact) mass is 458 g/mol. The number of hydrogen-bond acceptors (Lipinski definition) is 4. The second kappa shape index (κ2) is 10.2. The molecule has 7 nitrogen and oxygen atoms in total. The molecule has 0 spiro atoms. The summed E-state index contributed by atoms with van der Waals surface area (Å²) in [6, 6.07) is 8.01. The Labute approximate surface area is 166 Å². The molecule has 0 saturated carbocycles. The zero-order valence-corrected chi connectivity index (χ0v) is 17.7. The van der Waals surface area contributed by atoms with Crippen molar-refractivity contribution in [1.82, 2.24) is 25.4 Å². The summed E-state index contributed by atoms with van der Waals surface area (Å²) >= 11 is 0. The lowest BCUT2D eigenvalue weighted by Gasteiger charge is -2.18. The van der Waals surface area contributed by atoms with Crippen molar-refractivity contribution in [2.45, 2.75) is 33.4 Å². The summed E-state index contributed by atoms with van der Waals surface area (Å²) in [7, 11) is 3.69. The predicted octanol–water partition coefficient (Wildman–Crippen LogP) is 2.18. The first-order chi connectivity index (χ1) is 11.5. The number of hydrogen-bond donors (Lipinski definition) is 2. The summed E-state index contributed by atoms with van der Waals surface area (Å²) in [5.41, 5.74) is 1.13. The average Bonchev–Trinajstić information content (AvgIpc) is 2.89. The van der Waals surface area contributed by atoms with E-state index in [9.17, 15) is 0 Å². The van der Waals surface area contributed by atoms with Crippen molar-refractivity contribution >= 4 is 29.9 Å². The fourth-order valence-electron chi connectivity index (χ4n) is 2.18. The molecular formula is C17H27IN6O. The molecule has 25 heavy (non-hydrogen) atoms. The molecule has 138 valence electrons. The Morgan fingerprint density at radius 3 is 2.56 bits per heavy atom. The minimum absolute atomic E-state index is 0. The van der Waals surface area contributed by atoms with Gasteiger partial charge in [0.05, 0.1) is 13.1 Å². The number of benzene rings is 1. The molecule has 0 bridgehead atoms. The van der Waals surface area contributed by atoms with Crippen LogP contribution in [0.3, 0.4) is 0 Å². The highest BCUT2D eigenvalue weighted by molar-refractivity contribution is 14.0. The Morgan fingerprint density at radius 2 is 1.96 bits per heavy atom. The van der Waals surface area contributed by atoms with Gasteiger partial charge in [-0.15, -0.1) is 34.2 Å². The van der Waals surface area contributed by atoms with Crippen LogP contribution >= 0.6 is 24.0 Å². The van der Waals surface area contributed by atoms with E-state index in [1.165, 1.54) is 0 Å². The van der Waals surface area contributed by atoms with Crippen molar-refractivity contribution in [2.24, 2.45) is 12.0 Å². The molecule has 0 aliphatic heterocycles. The average molecular weight is 458 g/mol. The van der Waals surface area contributed by atoms with Gasteiger partial charge in [-0.05, 0) is 32.4 Å². The highest BCUT2D eigenvalue weighted by atomic mass is 127. The van der Waals surface area contributed by atoms with Crippen LogP contribution in [0.4, 0.5) is 0 Å². The van der Waals surface area contributed by atoms with Gasteiger partial charge in [-0.25, -0.2) is 0 Å². The standard InChI is InChI=1S/C17H26N6O.HI/c1-12-8-6-7-9-15(12)24-13(2)10-19-17(18-4)20-11-16-22-21-14(3)23(16)5;/h6-9,13H,10-11H2,1-5H3,(H2,18,19,20);1H. The molecule has 0 saturated heterocycles. The molecule has 1 atom stereocenters. The van der Waals surface area contributed by atoms with Crippen LogP contribution in [0, 0.1) is 13.8 Å². The second-order valence-corrected chi connectivity index (χ2v) is 5.72. The van der Waals surface area contributed by atoms with Crippen molar-refractivity contribution in [1.29, 1.82) is 0 Å². The number of aromatic nitrogens is 3. The number of guanidine groups is 1. The van der Waals surface area contributed by atoms with Crippen LogP contribution in [0.25, 0.3) is 0 Å². The summed E-state index contributed by atoms with van der Waals surface area (Å²) in [6.45, 7) is 7.20. The smallest absolute Gasteiger partial charge is 0.191 e. The minimum Gasteiger partial charge on any atom is -0.489 e. The van der Waals surface area contributed by atoms with E-state index < -0.39 is 0 Å². The molecule has 1 heterocycles. The van der Waals surface area contributed by atoms with Gasteiger partial charge in [0.25, 0.3) is 0 Å². The van der Waals surface area contributed by atoms with Gasteiger partial charge in [0.1, 0.15) is 17.7 Å². The number of para-hydroxylation sites is 1. The van der Waals surface area contributed by atoms with E-state index in [1.807, 2.05) is 56.7 Å². The zero-order chi connectivity index (χ0) is 17.5. The number of rotatable bonds is 6. The lowest BCUT2D eigenvalue weighted by Crippen LogP contribution is -2.41. The Morgan fingerprint density at radius 1 is 1.24 bits per heavy atom. The summed E-state index contributed by atoms with van der Waals surface area (Å²) in [4.78, 5) is 4.22. The van der Waals surface area contributed by atoms with Gasteiger partial charge >= 0.3 is 0 Å². The molecule has 1 aromatic heterocycles. The molecule has 2 N–H and O–H groups in total. The molecule has 0 aliphatic carbocycles. The molecule has 1 aromatic carbocycles. The predicted molar refractivity (Wildman–Crippen MR) is 111 cm³/mol. The van der Waals surface area contributed by atoms with E-state index in [0.717, 1.165) is 23.0 Å². The number of aliphatic imine (C=N–C) groups is 1. The lowest BCUT2D eigenvalue weighted by atomic mass is 10.2. The van der Waals surface area contributed by atoms with Crippen LogP contribution in [0.2, 0.25) is 0 Å². The van der Waals surface area contributed by atoms with Crippen molar-refractivity contribution in [3.63, 3.8) is 0 Å². The third-order valence-electron chi connectivity index (χ3n) is 3.80. The summed E-state index contributed by atoms with van der Waals surface area (Å²) in [6.07, 6.45) is 0.0155. The maximum atomic E-state index is 5.95. The van der Waals surface area contributed by atoms with Crippen LogP contribution in [-0.4, -0.2) is 40.4 Å². The first-order valence-corrected chi connectivity index (χ1v) is 8.03. The fraction of sp³-hybridized carbons (Fsp3) is 0.471. The van der Waals surface area contributed by atoms with Gasteiger partial charge < -0.3 is 19.9 Å². The summed E-state index contributed by atoms with van der Waals surface area (Å²) < 4.78 is 7.90. The molecule has 0 amide bonds. The number of aryl methyl sites for hydroxylation is 2. The van der Waals surface area contributed by atoms with Gasteiger partial charge in [-0.1, -0.05) is 18.2 Å². The van der Waals surface area contributed by atoms with E-state index in [-0.39, 0.29) is 30.1 Å². The highest BCUT2D eigenvalue weighted by Gasteiger charge is 2.09. The van der Waals surface area contributed by atoms with Crippen LogP contribution in [0.15, 0.2) is 29.3 Å². The Balaban J connectivity index is 0.00000312. The molecule has 2 aromatic rings. The third kappa shape index (κ3) is 6.18. The molecule has 8 heteroatoms. The number of nitrogens with one attached hydrogen (secondary N) is 2. The largest absolute Gasteiger partial charge is 0.489 e. The first-order valence-electron chi connectivity index (χ1n) is 8.03. The van der Waals surface area contributed by atoms with Crippen molar-refractivity contribution in [3.05, 3.63) is 41.5 Å². The van der Waals surface area contributed by atoms with Gasteiger partial charge in [0, 0.05) is 14.1 Å². The summed E-state index contributed by atoms with van der Waals surface area (Å²) in [5, 5.41) is 14.7. The van der Waals surface area contributed by atoms with E-state index >= 15 is 0 Å². The van der Waals surface area contributed by atoms with E-state index in [1.54, 1.807) is 7.05 Å². The zero-order valence-electron chi connectivity index (χ0n) is 15.4. The molecule has 0 fully saturated rings. The van der Waals surface area contributed by atoms with Gasteiger partial charge in [0.2, 0.25) is 0 Å². The quantitative estimate of drug-likeness (QED) is 0.395. The highest BCUT2D eigenvalue weighted by Crippen LogP contribution is 2.17. The van der Waals surface area contributed by atoms with Crippen molar-refractivity contribution in [2.75, 3.05) is 13.6 Å². The minimum atomic E-state index is 0. The molecule has 0 aliphatic rings. The van der Waals surface area contributed by atoms with Crippen LogP contribution in [0.5, 0.6) is 5.75 Å². The Bertz CT molecular complexity index is 700.